The number of thioether (sulfide) groups is 1. The van der Waals surface area contributed by atoms with Crippen molar-refractivity contribution in [2.45, 2.75) is 18.6 Å². The van der Waals surface area contributed by atoms with Crippen LogP contribution in [0.25, 0.3) is 22.1 Å². The average Bonchev–Trinajstić information content (AvgIpc) is 3.15. The molecule has 0 bridgehead atoms. The number of rotatable bonds is 7. The van der Waals surface area contributed by atoms with Crippen molar-refractivity contribution >= 4 is 39.6 Å². The smallest absolute Gasteiger partial charge is 0.211 e. The highest BCUT2D eigenvalue weighted by molar-refractivity contribution is 7.99. The van der Waals surface area contributed by atoms with E-state index in [1.807, 2.05) is 18.2 Å². The number of ketones is 1. The molecule has 6 nitrogen and oxygen atoms in total. The van der Waals surface area contributed by atoms with E-state index in [1.165, 1.54) is 22.9 Å². The molecule has 3 aromatic carbocycles. The lowest BCUT2D eigenvalue weighted by Crippen LogP contribution is -2.05. The number of carbonyl (C=O) groups excluding carboxylic acids is 1. The molecule has 0 aliphatic rings. The first kappa shape index (κ1) is 21.2. The fourth-order valence-electron chi connectivity index (χ4n) is 3.89. The first-order valence-corrected chi connectivity index (χ1v) is 11.6. The molecular formula is C26H22N4O2S. The molecule has 5 aromatic rings. The Hall–Kier alpha value is -3.71. The molecule has 0 spiro atoms. The van der Waals surface area contributed by atoms with Crippen LogP contribution in [0, 0.1) is 6.92 Å². The van der Waals surface area contributed by atoms with Gasteiger partial charge in [0, 0.05) is 17.5 Å². The van der Waals surface area contributed by atoms with Crippen LogP contribution in [-0.2, 0) is 6.54 Å². The number of benzene rings is 3. The monoisotopic (exact) mass is 454 g/mol. The summed E-state index contributed by atoms with van der Waals surface area (Å²) in [6.45, 7) is 2.77. The number of nitrogens with zero attached hydrogens (tertiary/aromatic N) is 4. The molecule has 0 atom stereocenters. The standard InChI is InChI=1S/C26H22N4O2S/c1-17-6-5-7-18(14-17)15-30-22-9-4-3-8-21(22)24-25(30)27-26(29-28-24)33-16-23(31)19-10-12-20(32-2)13-11-19/h3-14H,15-16H2,1-2H3. The minimum Gasteiger partial charge on any atom is -0.497 e. The number of hydrogen-bond donors (Lipinski definition) is 0. The lowest BCUT2D eigenvalue weighted by Gasteiger charge is -2.08. The Morgan fingerprint density at radius 2 is 1.82 bits per heavy atom. The van der Waals surface area contributed by atoms with Crippen LogP contribution in [-0.4, -0.2) is 38.4 Å². The summed E-state index contributed by atoms with van der Waals surface area (Å²) in [4.78, 5) is 17.4. The third-order valence-corrected chi connectivity index (χ3v) is 6.36. The maximum Gasteiger partial charge on any atom is 0.211 e. The molecule has 0 unspecified atom stereocenters. The van der Waals surface area contributed by atoms with Gasteiger partial charge in [-0.1, -0.05) is 59.8 Å². The molecule has 0 aliphatic heterocycles. The van der Waals surface area contributed by atoms with Crippen molar-refractivity contribution in [2.75, 3.05) is 12.9 Å². The Morgan fingerprint density at radius 1 is 1.00 bits per heavy atom. The lowest BCUT2D eigenvalue weighted by atomic mass is 10.1. The molecule has 0 fully saturated rings. The summed E-state index contributed by atoms with van der Waals surface area (Å²) >= 11 is 1.30. The highest BCUT2D eigenvalue weighted by Crippen LogP contribution is 2.28. The van der Waals surface area contributed by atoms with Crippen LogP contribution in [0.3, 0.4) is 0 Å². The molecule has 0 aliphatic carbocycles. The first-order valence-electron chi connectivity index (χ1n) is 10.6. The Morgan fingerprint density at radius 3 is 2.61 bits per heavy atom. The molecule has 0 saturated carbocycles. The van der Waals surface area contributed by atoms with Gasteiger partial charge in [-0.25, -0.2) is 4.98 Å². The van der Waals surface area contributed by atoms with Crippen molar-refractivity contribution in [1.29, 1.82) is 0 Å². The summed E-state index contributed by atoms with van der Waals surface area (Å²) in [6, 6.07) is 23.7. The summed E-state index contributed by atoms with van der Waals surface area (Å²) < 4.78 is 7.33. The average molecular weight is 455 g/mol. The Bertz CT molecular complexity index is 1460. The summed E-state index contributed by atoms with van der Waals surface area (Å²) in [5.41, 5.74) is 5.64. The van der Waals surface area contributed by atoms with Gasteiger partial charge in [0.05, 0.1) is 18.4 Å². The van der Waals surface area contributed by atoms with E-state index in [9.17, 15) is 4.79 Å². The van der Waals surface area contributed by atoms with E-state index in [4.69, 9.17) is 9.72 Å². The van der Waals surface area contributed by atoms with Crippen LogP contribution in [0.2, 0.25) is 0 Å². The Balaban J connectivity index is 1.46. The van der Waals surface area contributed by atoms with Crippen LogP contribution in [0.1, 0.15) is 21.5 Å². The van der Waals surface area contributed by atoms with Gasteiger partial charge in [-0.3, -0.25) is 4.79 Å². The molecule has 7 heteroatoms. The minimum absolute atomic E-state index is 0.00616. The molecule has 0 saturated heterocycles. The number of Topliss-reactive ketones (excluding diaryl/α,β-unsaturated/α-hetero) is 1. The van der Waals surface area contributed by atoms with Gasteiger partial charge in [0.2, 0.25) is 5.16 Å². The number of aromatic nitrogens is 4. The SMILES string of the molecule is COc1ccc(C(=O)CSc2nnc3c4ccccc4n(Cc4cccc(C)c4)c3n2)cc1. The zero-order valence-corrected chi connectivity index (χ0v) is 19.2. The van der Waals surface area contributed by atoms with Crippen LogP contribution < -0.4 is 4.74 Å². The fourth-order valence-corrected chi connectivity index (χ4v) is 4.57. The highest BCUT2D eigenvalue weighted by Gasteiger charge is 2.16. The van der Waals surface area contributed by atoms with Gasteiger partial charge in [0.1, 0.15) is 11.3 Å². The summed E-state index contributed by atoms with van der Waals surface area (Å²) in [7, 11) is 1.60. The van der Waals surface area contributed by atoms with Crippen molar-refractivity contribution in [3.63, 3.8) is 0 Å². The Kier molecular flexibility index (Phi) is 5.79. The van der Waals surface area contributed by atoms with E-state index in [0.29, 0.717) is 17.3 Å². The molecule has 5 rings (SSSR count). The van der Waals surface area contributed by atoms with E-state index >= 15 is 0 Å². The van der Waals surface area contributed by atoms with Gasteiger partial charge in [-0.15, -0.1) is 10.2 Å². The predicted octanol–water partition coefficient (Wildman–Crippen LogP) is 5.32. The maximum absolute atomic E-state index is 12.6. The van der Waals surface area contributed by atoms with Gasteiger partial charge in [0.15, 0.2) is 11.4 Å². The molecule has 164 valence electrons. The molecule has 2 heterocycles. The number of fused-ring (bicyclic) bond motifs is 3. The van der Waals surface area contributed by atoms with Crippen LogP contribution in [0.5, 0.6) is 5.75 Å². The van der Waals surface area contributed by atoms with Crippen LogP contribution in [0.4, 0.5) is 0 Å². The molecular weight excluding hydrogens is 432 g/mol. The number of para-hydroxylation sites is 1. The number of aryl methyl sites for hydroxylation is 1. The van der Waals surface area contributed by atoms with Gasteiger partial charge >= 0.3 is 0 Å². The second-order valence-electron chi connectivity index (χ2n) is 7.80. The van der Waals surface area contributed by atoms with Crippen molar-refractivity contribution < 1.29 is 9.53 Å². The van der Waals surface area contributed by atoms with Gasteiger partial charge < -0.3 is 9.30 Å². The van der Waals surface area contributed by atoms with Gasteiger partial charge in [-0.2, -0.15) is 0 Å². The molecule has 0 N–H and O–H groups in total. The third-order valence-electron chi connectivity index (χ3n) is 5.52. The van der Waals surface area contributed by atoms with Crippen molar-refractivity contribution in [1.82, 2.24) is 19.7 Å². The van der Waals surface area contributed by atoms with Gasteiger partial charge in [-0.05, 0) is 42.8 Å². The predicted molar refractivity (Wildman–Crippen MR) is 131 cm³/mol. The van der Waals surface area contributed by atoms with Crippen molar-refractivity contribution in [2.24, 2.45) is 0 Å². The maximum atomic E-state index is 12.6. The highest BCUT2D eigenvalue weighted by atomic mass is 32.2. The summed E-state index contributed by atoms with van der Waals surface area (Å²) in [5.74, 6) is 0.961. The zero-order valence-electron chi connectivity index (χ0n) is 18.4. The number of methoxy groups -OCH3 is 1. The number of ether oxygens (including phenoxy) is 1. The van der Waals surface area contributed by atoms with E-state index < -0.39 is 0 Å². The second-order valence-corrected chi connectivity index (χ2v) is 8.74. The number of carbonyl (C=O) groups is 1. The fraction of sp³-hybridized carbons (Fsp3) is 0.154. The Labute approximate surface area is 195 Å². The van der Waals surface area contributed by atoms with E-state index in [1.54, 1.807) is 31.4 Å². The van der Waals surface area contributed by atoms with Crippen molar-refractivity contribution in [3.8, 4) is 5.75 Å². The lowest BCUT2D eigenvalue weighted by molar-refractivity contribution is 0.102. The molecule has 0 amide bonds. The van der Waals surface area contributed by atoms with Crippen molar-refractivity contribution in [3.05, 3.63) is 89.5 Å². The third kappa shape index (κ3) is 4.32. The molecule has 2 aromatic heterocycles. The topological polar surface area (TPSA) is 69.9 Å². The summed E-state index contributed by atoms with van der Waals surface area (Å²) in [5, 5.41) is 10.3. The normalized spacial score (nSPS) is 11.2. The second kappa shape index (κ2) is 9.03. The zero-order chi connectivity index (χ0) is 22.8. The first-order chi connectivity index (χ1) is 16.1. The number of hydrogen-bond acceptors (Lipinski definition) is 6. The van der Waals surface area contributed by atoms with E-state index in [-0.39, 0.29) is 11.5 Å². The molecule has 33 heavy (non-hydrogen) atoms. The van der Waals surface area contributed by atoms with Crippen LogP contribution in [0.15, 0.2) is 78.0 Å². The van der Waals surface area contributed by atoms with E-state index in [0.717, 1.165) is 27.8 Å². The van der Waals surface area contributed by atoms with Crippen LogP contribution >= 0.6 is 11.8 Å². The van der Waals surface area contributed by atoms with Gasteiger partial charge in [0.25, 0.3) is 0 Å². The van der Waals surface area contributed by atoms with E-state index in [2.05, 4.69) is 52.0 Å². The largest absolute Gasteiger partial charge is 0.497 e. The quantitative estimate of drug-likeness (QED) is 0.245. The minimum atomic E-state index is 0.00616. The molecule has 0 radical (unpaired) electrons. The summed E-state index contributed by atoms with van der Waals surface area (Å²) in [6.07, 6.45) is 0.